The Bertz CT molecular complexity index is 202. The van der Waals surface area contributed by atoms with Gasteiger partial charge in [0.25, 0.3) is 0 Å². The Kier molecular flexibility index (Phi) is 13.4. The van der Waals surface area contributed by atoms with Gasteiger partial charge in [-0.15, -0.1) is 0 Å². The molecule has 1 unspecified atom stereocenters. The van der Waals surface area contributed by atoms with Crippen LogP contribution in [0.5, 0.6) is 0 Å². The van der Waals surface area contributed by atoms with Crippen LogP contribution in [0.3, 0.4) is 0 Å². The summed E-state index contributed by atoms with van der Waals surface area (Å²) in [6, 6.07) is 0. The summed E-state index contributed by atoms with van der Waals surface area (Å²) in [5.74, 6) is 0. The monoisotopic (exact) mass is 297 g/mol. The molecule has 1 atom stereocenters. The van der Waals surface area contributed by atoms with Crippen molar-refractivity contribution in [3.05, 3.63) is 0 Å². The fraction of sp³-hybridized carbons (Fsp3) is 1.00. The molecule has 1 saturated heterocycles. The summed E-state index contributed by atoms with van der Waals surface area (Å²) < 4.78 is 5.74. The minimum absolute atomic E-state index is 0.541. The van der Waals surface area contributed by atoms with E-state index in [9.17, 15) is 0 Å². The Labute approximate surface area is 133 Å². The lowest BCUT2D eigenvalue weighted by Crippen LogP contribution is -2.25. The molecule has 126 valence electrons. The molecule has 1 aliphatic rings. The van der Waals surface area contributed by atoms with Crippen LogP contribution in [0.25, 0.3) is 0 Å². The van der Waals surface area contributed by atoms with Crippen LogP contribution >= 0.6 is 0 Å². The van der Waals surface area contributed by atoms with Crippen LogP contribution in [-0.2, 0) is 4.74 Å². The highest BCUT2D eigenvalue weighted by atomic mass is 16.5. The Morgan fingerprint density at radius 3 is 2.10 bits per heavy atom. The van der Waals surface area contributed by atoms with Gasteiger partial charge in [0.1, 0.15) is 0 Å². The number of ether oxygens (including phenoxy) is 1. The SMILES string of the molecule is CCCCCCCCCCCCNCCC1CCCCO1. The summed E-state index contributed by atoms with van der Waals surface area (Å²) in [4.78, 5) is 0. The van der Waals surface area contributed by atoms with E-state index < -0.39 is 0 Å². The van der Waals surface area contributed by atoms with E-state index in [-0.39, 0.29) is 0 Å². The van der Waals surface area contributed by atoms with Crippen molar-refractivity contribution >= 4 is 0 Å². The minimum Gasteiger partial charge on any atom is -0.378 e. The normalized spacial score (nSPS) is 19.0. The molecule has 1 N–H and O–H groups in total. The largest absolute Gasteiger partial charge is 0.378 e. The maximum Gasteiger partial charge on any atom is 0.0587 e. The number of hydrogen-bond acceptors (Lipinski definition) is 2. The molecule has 21 heavy (non-hydrogen) atoms. The van der Waals surface area contributed by atoms with Crippen molar-refractivity contribution in [1.82, 2.24) is 5.32 Å². The van der Waals surface area contributed by atoms with Gasteiger partial charge in [-0.3, -0.25) is 0 Å². The average molecular weight is 298 g/mol. The molecular weight excluding hydrogens is 258 g/mol. The lowest BCUT2D eigenvalue weighted by Gasteiger charge is -2.22. The first kappa shape index (κ1) is 19.0. The van der Waals surface area contributed by atoms with Gasteiger partial charge in [0.15, 0.2) is 0 Å². The van der Waals surface area contributed by atoms with Gasteiger partial charge in [0.2, 0.25) is 0 Å². The quantitative estimate of drug-likeness (QED) is 0.430. The number of rotatable bonds is 14. The highest BCUT2D eigenvalue weighted by molar-refractivity contribution is 4.64. The summed E-state index contributed by atoms with van der Waals surface area (Å²) in [6.07, 6.45) is 19.9. The first-order valence-corrected chi connectivity index (χ1v) is 9.76. The first-order chi connectivity index (χ1) is 10.4. The van der Waals surface area contributed by atoms with Crippen molar-refractivity contribution in [1.29, 1.82) is 0 Å². The zero-order valence-corrected chi connectivity index (χ0v) is 14.5. The Morgan fingerprint density at radius 1 is 0.810 bits per heavy atom. The maximum absolute atomic E-state index is 5.74. The van der Waals surface area contributed by atoms with Gasteiger partial charge < -0.3 is 10.1 Å². The summed E-state index contributed by atoms with van der Waals surface area (Å²) in [5.41, 5.74) is 0. The molecule has 0 aromatic heterocycles. The molecule has 0 aromatic carbocycles. The molecule has 0 amide bonds. The highest BCUT2D eigenvalue weighted by Gasteiger charge is 2.12. The van der Waals surface area contributed by atoms with Crippen LogP contribution in [0.15, 0.2) is 0 Å². The van der Waals surface area contributed by atoms with E-state index in [2.05, 4.69) is 12.2 Å². The molecule has 0 radical (unpaired) electrons. The van der Waals surface area contributed by atoms with E-state index in [4.69, 9.17) is 4.74 Å². The lowest BCUT2D eigenvalue weighted by atomic mass is 10.1. The third-order valence-corrected chi connectivity index (χ3v) is 4.62. The molecule has 1 fully saturated rings. The maximum atomic E-state index is 5.74. The minimum atomic E-state index is 0.541. The third kappa shape index (κ3) is 12.2. The van der Waals surface area contributed by atoms with Gasteiger partial charge in [0.05, 0.1) is 6.10 Å². The fourth-order valence-electron chi connectivity index (χ4n) is 3.16. The Hall–Kier alpha value is -0.0800. The van der Waals surface area contributed by atoms with E-state index in [1.54, 1.807) is 0 Å². The van der Waals surface area contributed by atoms with Gasteiger partial charge in [0, 0.05) is 6.61 Å². The van der Waals surface area contributed by atoms with E-state index in [1.807, 2.05) is 0 Å². The first-order valence-electron chi connectivity index (χ1n) is 9.76. The van der Waals surface area contributed by atoms with E-state index >= 15 is 0 Å². The molecule has 2 nitrogen and oxygen atoms in total. The highest BCUT2D eigenvalue weighted by Crippen LogP contribution is 2.15. The zero-order valence-electron chi connectivity index (χ0n) is 14.5. The molecular formula is C19H39NO. The van der Waals surface area contributed by atoms with Gasteiger partial charge in [-0.2, -0.15) is 0 Å². The fourth-order valence-corrected chi connectivity index (χ4v) is 3.16. The second-order valence-corrected chi connectivity index (χ2v) is 6.71. The number of unbranched alkanes of at least 4 members (excludes halogenated alkanes) is 9. The van der Waals surface area contributed by atoms with Crippen molar-refractivity contribution < 1.29 is 4.74 Å². The van der Waals surface area contributed by atoms with Crippen LogP contribution in [0.2, 0.25) is 0 Å². The summed E-state index contributed by atoms with van der Waals surface area (Å²) in [5, 5.41) is 3.58. The van der Waals surface area contributed by atoms with Crippen molar-refractivity contribution in [3.63, 3.8) is 0 Å². The smallest absolute Gasteiger partial charge is 0.0587 e. The molecule has 1 heterocycles. The number of hydrogen-bond donors (Lipinski definition) is 1. The predicted molar refractivity (Wildman–Crippen MR) is 92.9 cm³/mol. The second kappa shape index (κ2) is 14.8. The van der Waals surface area contributed by atoms with Gasteiger partial charge in [-0.1, -0.05) is 64.7 Å². The molecule has 1 rings (SSSR count). The second-order valence-electron chi connectivity index (χ2n) is 6.71. The topological polar surface area (TPSA) is 21.3 Å². The number of nitrogens with one attached hydrogen (secondary N) is 1. The van der Waals surface area contributed by atoms with E-state index in [0.717, 1.165) is 13.2 Å². The van der Waals surface area contributed by atoms with Crippen LogP contribution in [0, 0.1) is 0 Å². The van der Waals surface area contributed by atoms with Crippen LogP contribution in [0.1, 0.15) is 96.8 Å². The average Bonchev–Trinajstić information content (AvgIpc) is 2.53. The van der Waals surface area contributed by atoms with E-state index in [1.165, 1.54) is 96.4 Å². The zero-order chi connectivity index (χ0) is 15.0. The van der Waals surface area contributed by atoms with Crippen molar-refractivity contribution in [2.45, 2.75) is 103 Å². The lowest BCUT2D eigenvalue weighted by molar-refractivity contribution is 0.0116. The molecule has 0 saturated carbocycles. The van der Waals surface area contributed by atoms with Gasteiger partial charge in [-0.05, 0) is 45.2 Å². The summed E-state index contributed by atoms with van der Waals surface area (Å²) in [7, 11) is 0. The molecule has 0 aromatic rings. The van der Waals surface area contributed by atoms with Gasteiger partial charge >= 0.3 is 0 Å². The van der Waals surface area contributed by atoms with Crippen LogP contribution < -0.4 is 5.32 Å². The molecule has 0 spiro atoms. The van der Waals surface area contributed by atoms with Crippen LogP contribution in [-0.4, -0.2) is 25.8 Å². The Morgan fingerprint density at radius 2 is 1.48 bits per heavy atom. The van der Waals surface area contributed by atoms with Crippen molar-refractivity contribution in [2.75, 3.05) is 19.7 Å². The van der Waals surface area contributed by atoms with E-state index in [0.29, 0.717) is 6.10 Å². The van der Waals surface area contributed by atoms with Crippen molar-refractivity contribution in [3.8, 4) is 0 Å². The standard InChI is InChI=1S/C19H39NO/c1-2-3-4-5-6-7-8-9-10-12-16-20-17-15-19-14-11-13-18-21-19/h19-20H,2-18H2,1H3. The molecule has 2 heteroatoms. The van der Waals surface area contributed by atoms with Crippen LogP contribution in [0.4, 0.5) is 0 Å². The molecule has 0 aliphatic carbocycles. The van der Waals surface area contributed by atoms with Gasteiger partial charge in [-0.25, -0.2) is 0 Å². The molecule has 1 aliphatic heterocycles. The molecule has 0 bridgehead atoms. The Balaban J connectivity index is 1.69. The summed E-state index contributed by atoms with van der Waals surface area (Å²) >= 11 is 0. The predicted octanol–water partition coefficient (Wildman–Crippen LogP) is 5.46. The third-order valence-electron chi connectivity index (χ3n) is 4.62. The summed E-state index contributed by atoms with van der Waals surface area (Å²) in [6.45, 7) is 5.62. The van der Waals surface area contributed by atoms with Crippen molar-refractivity contribution in [2.24, 2.45) is 0 Å².